The minimum absolute atomic E-state index is 0.202. The molecule has 1 fully saturated rings. The van der Waals surface area contributed by atoms with Crippen molar-refractivity contribution in [3.8, 4) is 0 Å². The summed E-state index contributed by atoms with van der Waals surface area (Å²) in [7, 11) is 0. The Morgan fingerprint density at radius 3 is 2.48 bits per heavy atom. The summed E-state index contributed by atoms with van der Waals surface area (Å²) in [5.74, 6) is -0.580. The monoisotopic (exact) mass is 317 g/mol. The van der Waals surface area contributed by atoms with Crippen LogP contribution >= 0.6 is 0 Å². The van der Waals surface area contributed by atoms with Crippen molar-refractivity contribution in [3.63, 3.8) is 0 Å². The van der Waals surface area contributed by atoms with E-state index < -0.39 is 6.04 Å². The molecule has 1 aromatic carbocycles. The second-order valence-electron chi connectivity index (χ2n) is 6.44. The predicted molar refractivity (Wildman–Crippen MR) is 87.5 cm³/mol. The molecule has 6 heteroatoms. The maximum atomic E-state index is 12.0. The van der Waals surface area contributed by atoms with Crippen LogP contribution in [0.15, 0.2) is 24.3 Å². The van der Waals surface area contributed by atoms with E-state index in [0.29, 0.717) is 24.4 Å². The molecule has 0 aromatic heterocycles. The summed E-state index contributed by atoms with van der Waals surface area (Å²) >= 11 is 0. The number of hydrogen-bond acceptors (Lipinski definition) is 4. The van der Waals surface area contributed by atoms with E-state index in [0.717, 1.165) is 5.56 Å². The molecular formula is C17H23N3O3. The maximum absolute atomic E-state index is 12.0. The zero-order chi connectivity index (χ0) is 17.0. The molecule has 0 saturated carbocycles. The highest BCUT2D eigenvalue weighted by Gasteiger charge is 2.30. The summed E-state index contributed by atoms with van der Waals surface area (Å²) in [6, 6.07) is 6.73. The Balaban J connectivity index is 1.90. The predicted octanol–water partition coefficient (Wildman–Crippen LogP) is 1.20. The van der Waals surface area contributed by atoms with Gasteiger partial charge in [0.15, 0.2) is 0 Å². The first-order valence-corrected chi connectivity index (χ1v) is 7.84. The highest BCUT2D eigenvalue weighted by atomic mass is 16.2. The molecular weight excluding hydrogens is 294 g/mol. The second-order valence-corrected chi connectivity index (χ2v) is 6.44. The SMILES string of the molecule is CC(C)C[C@H](N)C(=O)Nc1ccc(CC2CC(=O)NC2=O)cc1. The lowest BCUT2D eigenvalue weighted by molar-refractivity contribution is -0.125. The molecule has 0 bridgehead atoms. The number of carbonyl (C=O) groups excluding carboxylic acids is 3. The third kappa shape index (κ3) is 4.89. The molecule has 2 rings (SSSR count). The third-order valence-corrected chi connectivity index (χ3v) is 3.83. The molecule has 1 aliphatic heterocycles. The molecule has 6 nitrogen and oxygen atoms in total. The van der Waals surface area contributed by atoms with E-state index in [-0.39, 0.29) is 30.1 Å². The van der Waals surface area contributed by atoms with E-state index in [1.807, 2.05) is 26.0 Å². The topological polar surface area (TPSA) is 101 Å². The number of imide groups is 1. The van der Waals surface area contributed by atoms with Crippen LogP contribution in [-0.2, 0) is 20.8 Å². The molecule has 1 unspecified atom stereocenters. The Kier molecular flexibility index (Phi) is 5.50. The first kappa shape index (κ1) is 17.1. The van der Waals surface area contributed by atoms with Gasteiger partial charge in [-0.2, -0.15) is 0 Å². The van der Waals surface area contributed by atoms with Crippen LogP contribution in [0.2, 0.25) is 0 Å². The first-order chi connectivity index (χ1) is 10.8. The largest absolute Gasteiger partial charge is 0.325 e. The van der Waals surface area contributed by atoms with Gasteiger partial charge in [0.1, 0.15) is 0 Å². The quantitative estimate of drug-likeness (QED) is 0.686. The Labute approximate surface area is 135 Å². The first-order valence-electron chi connectivity index (χ1n) is 7.84. The fraction of sp³-hybridized carbons (Fsp3) is 0.471. The lowest BCUT2D eigenvalue weighted by Gasteiger charge is -2.14. The van der Waals surface area contributed by atoms with E-state index in [1.54, 1.807) is 12.1 Å². The minimum atomic E-state index is -0.525. The summed E-state index contributed by atoms with van der Waals surface area (Å²) < 4.78 is 0. The summed E-state index contributed by atoms with van der Waals surface area (Å²) in [5.41, 5.74) is 7.46. The van der Waals surface area contributed by atoms with Crippen LogP contribution in [-0.4, -0.2) is 23.8 Å². The summed E-state index contributed by atoms with van der Waals surface area (Å²) in [6.45, 7) is 4.04. The second kappa shape index (κ2) is 7.37. The number of nitrogens with two attached hydrogens (primary N) is 1. The molecule has 0 spiro atoms. The van der Waals surface area contributed by atoms with Gasteiger partial charge < -0.3 is 11.1 Å². The fourth-order valence-corrected chi connectivity index (χ4v) is 2.63. The zero-order valence-electron chi connectivity index (χ0n) is 13.5. The zero-order valence-corrected chi connectivity index (χ0v) is 13.5. The van der Waals surface area contributed by atoms with Gasteiger partial charge in [0.2, 0.25) is 17.7 Å². The Morgan fingerprint density at radius 1 is 1.30 bits per heavy atom. The maximum Gasteiger partial charge on any atom is 0.241 e. The van der Waals surface area contributed by atoms with Crippen LogP contribution in [0.25, 0.3) is 0 Å². The van der Waals surface area contributed by atoms with Gasteiger partial charge in [0.05, 0.1) is 12.0 Å². The van der Waals surface area contributed by atoms with Crippen LogP contribution in [0.3, 0.4) is 0 Å². The van der Waals surface area contributed by atoms with Crippen molar-refractivity contribution in [1.82, 2.24) is 5.32 Å². The van der Waals surface area contributed by atoms with Crippen molar-refractivity contribution in [2.75, 3.05) is 5.32 Å². The summed E-state index contributed by atoms with van der Waals surface area (Å²) in [5, 5.41) is 5.09. The van der Waals surface area contributed by atoms with Crippen molar-refractivity contribution in [2.45, 2.75) is 39.2 Å². The number of rotatable bonds is 6. The number of anilines is 1. The molecule has 2 atom stereocenters. The number of benzene rings is 1. The smallest absolute Gasteiger partial charge is 0.241 e. The van der Waals surface area contributed by atoms with Gasteiger partial charge >= 0.3 is 0 Å². The average Bonchev–Trinajstić information content (AvgIpc) is 2.78. The van der Waals surface area contributed by atoms with Crippen LogP contribution in [0.5, 0.6) is 0 Å². The van der Waals surface area contributed by atoms with E-state index in [2.05, 4.69) is 10.6 Å². The van der Waals surface area contributed by atoms with E-state index in [1.165, 1.54) is 0 Å². The van der Waals surface area contributed by atoms with Crippen LogP contribution < -0.4 is 16.4 Å². The van der Waals surface area contributed by atoms with E-state index in [9.17, 15) is 14.4 Å². The van der Waals surface area contributed by atoms with Gasteiger partial charge in [-0.3, -0.25) is 19.7 Å². The molecule has 124 valence electrons. The molecule has 1 aromatic rings. The number of amides is 3. The van der Waals surface area contributed by atoms with Gasteiger partial charge in [-0.1, -0.05) is 26.0 Å². The normalized spacial score (nSPS) is 18.9. The number of nitrogens with one attached hydrogen (secondary N) is 2. The molecule has 4 N–H and O–H groups in total. The van der Waals surface area contributed by atoms with E-state index >= 15 is 0 Å². The van der Waals surface area contributed by atoms with E-state index in [4.69, 9.17) is 5.73 Å². The van der Waals surface area contributed by atoms with Gasteiger partial charge in [-0.05, 0) is 36.5 Å². The highest BCUT2D eigenvalue weighted by molar-refractivity contribution is 6.03. The molecule has 3 amide bonds. The fourth-order valence-electron chi connectivity index (χ4n) is 2.63. The Morgan fingerprint density at radius 2 is 1.96 bits per heavy atom. The lowest BCUT2D eigenvalue weighted by Crippen LogP contribution is -2.36. The van der Waals surface area contributed by atoms with Gasteiger partial charge in [0.25, 0.3) is 0 Å². The Hall–Kier alpha value is -2.21. The van der Waals surface area contributed by atoms with Crippen LogP contribution in [0.1, 0.15) is 32.3 Å². The highest BCUT2D eigenvalue weighted by Crippen LogP contribution is 2.19. The number of carbonyl (C=O) groups is 3. The summed E-state index contributed by atoms with van der Waals surface area (Å²) in [4.78, 5) is 34.7. The average molecular weight is 317 g/mol. The van der Waals surface area contributed by atoms with Crippen molar-refractivity contribution in [2.24, 2.45) is 17.6 Å². The summed E-state index contributed by atoms with van der Waals surface area (Å²) in [6.07, 6.45) is 1.38. The molecule has 1 heterocycles. The van der Waals surface area contributed by atoms with Gasteiger partial charge in [0, 0.05) is 12.1 Å². The lowest BCUT2D eigenvalue weighted by atomic mass is 9.98. The van der Waals surface area contributed by atoms with Crippen molar-refractivity contribution in [3.05, 3.63) is 29.8 Å². The Bertz CT molecular complexity index is 596. The molecule has 0 radical (unpaired) electrons. The molecule has 23 heavy (non-hydrogen) atoms. The van der Waals surface area contributed by atoms with Crippen LogP contribution in [0.4, 0.5) is 5.69 Å². The van der Waals surface area contributed by atoms with Crippen molar-refractivity contribution in [1.29, 1.82) is 0 Å². The van der Waals surface area contributed by atoms with Gasteiger partial charge in [-0.25, -0.2) is 0 Å². The minimum Gasteiger partial charge on any atom is -0.325 e. The molecule has 1 aliphatic rings. The van der Waals surface area contributed by atoms with Crippen LogP contribution in [0, 0.1) is 11.8 Å². The number of hydrogen-bond donors (Lipinski definition) is 3. The third-order valence-electron chi connectivity index (χ3n) is 3.83. The van der Waals surface area contributed by atoms with Crippen molar-refractivity contribution < 1.29 is 14.4 Å². The van der Waals surface area contributed by atoms with Crippen molar-refractivity contribution >= 4 is 23.4 Å². The van der Waals surface area contributed by atoms with Gasteiger partial charge in [-0.15, -0.1) is 0 Å². The molecule has 0 aliphatic carbocycles. The standard InChI is InChI=1S/C17H23N3O3/c1-10(2)7-14(18)17(23)19-13-5-3-11(4-6-13)8-12-9-15(21)20-16(12)22/h3-6,10,12,14H,7-9,18H2,1-2H3,(H,19,23)(H,20,21,22)/t12?,14-/m0/s1. The molecule has 1 saturated heterocycles.